The molecule has 1 aliphatic heterocycles. The number of nitrogens with zero attached hydrogens (tertiary/aromatic N) is 1. The van der Waals surface area contributed by atoms with E-state index < -0.39 is 0 Å². The molecule has 2 aromatic carbocycles. The molecular weight excluding hydrogens is 263 g/mol. The molecule has 0 bridgehead atoms. The Morgan fingerprint density at radius 1 is 1.10 bits per heavy atom. The van der Waals surface area contributed by atoms with Crippen molar-refractivity contribution in [3.05, 3.63) is 71.5 Å². The highest BCUT2D eigenvalue weighted by atomic mass is 19.1. The molecule has 0 saturated carbocycles. The molecule has 0 radical (unpaired) electrons. The molecule has 0 amide bonds. The van der Waals surface area contributed by atoms with Crippen LogP contribution in [0.25, 0.3) is 0 Å². The Morgan fingerprint density at radius 3 is 2.52 bits per heavy atom. The van der Waals surface area contributed by atoms with Gasteiger partial charge in [-0.15, -0.1) is 0 Å². The number of hydrogen-bond acceptors (Lipinski definition) is 2. The molecule has 0 aliphatic carbocycles. The summed E-state index contributed by atoms with van der Waals surface area (Å²) in [4.78, 5) is 2.49. The molecule has 2 atom stereocenters. The highest BCUT2D eigenvalue weighted by molar-refractivity contribution is 5.21. The molecule has 110 valence electrons. The van der Waals surface area contributed by atoms with Gasteiger partial charge in [-0.1, -0.05) is 42.5 Å². The number of hydrogen-bond donors (Lipinski definition) is 1. The van der Waals surface area contributed by atoms with Crippen LogP contribution >= 0.6 is 0 Å². The Bertz CT molecular complexity index is 568. The second-order valence-corrected chi connectivity index (χ2v) is 5.78. The predicted molar refractivity (Wildman–Crippen MR) is 83.5 cm³/mol. The summed E-state index contributed by atoms with van der Waals surface area (Å²) in [6.45, 7) is 5.11. The van der Waals surface area contributed by atoms with Crippen LogP contribution in [0.15, 0.2) is 54.6 Å². The fourth-order valence-electron chi connectivity index (χ4n) is 2.88. The van der Waals surface area contributed by atoms with Gasteiger partial charge in [-0.3, -0.25) is 4.90 Å². The predicted octanol–water partition coefficient (Wildman–Crippen LogP) is 3.36. The Hall–Kier alpha value is -1.71. The van der Waals surface area contributed by atoms with Crippen LogP contribution in [0.5, 0.6) is 0 Å². The van der Waals surface area contributed by atoms with Gasteiger partial charge in [0.05, 0.1) is 0 Å². The van der Waals surface area contributed by atoms with Gasteiger partial charge in [0.2, 0.25) is 0 Å². The summed E-state index contributed by atoms with van der Waals surface area (Å²) in [5.41, 5.74) is 2.49. The fraction of sp³-hybridized carbons (Fsp3) is 0.333. The van der Waals surface area contributed by atoms with Crippen molar-refractivity contribution in [3.63, 3.8) is 0 Å². The van der Waals surface area contributed by atoms with Gasteiger partial charge in [-0.25, -0.2) is 4.39 Å². The van der Waals surface area contributed by atoms with Crippen molar-refractivity contribution >= 4 is 0 Å². The molecule has 1 fully saturated rings. The summed E-state index contributed by atoms with van der Waals surface area (Å²) in [6.07, 6.45) is 0. The third kappa shape index (κ3) is 3.49. The first-order chi connectivity index (χ1) is 10.2. The largest absolute Gasteiger partial charge is 0.307 e. The van der Waals surface area contributed by atoms with Crippen LogP contribution in [0.1, 0.15) is 24.1 Å². The topological polar surface area (TPSA) is 15.3 Å². The minimum Gasteiger partial charge on any atom is -0.307 e. The van der Waals surface area contributed by atoms with E-state index in [9.17, 15) is 4.39 Å². The normalized spacial score (nSPS) is 23.1. The van der Waals surface area contributed by atoms with Crippen molar-refractivity contribution in [1.29, 1.82) is 0 Å². The Labute approximate surface area is 125 Å². The van der Waals surface area contributed by atoms with Crippen LogP contribution in [0, 0.1) is 5.82 Å². The third-order valence-corrected chi connectivity index (χ3v) is 4.20. The standard InChI is InChI=1S/C18H21FN2/c1-14-11-20-18(16-7-9-17(19)10-8-16)13-21(14)12-15-5-3-2-4-6-15/h2-10,14,18,20H,11-13H2,1H3/t14-,18-/m1/s1. The highest BCUT2D eigenvalue weighted by Gasteiger charge is 2.25. The van der Waals surface area contributed by atoms with E-state index in [2.05, 4.69) is 41.4 Å². The quantitative estimate of drug-likeness (QED) is 0.929. The Kier molecular flexibility index (Phi) is 4.32. The Balaban J connectivity index is 1.71. The smallest absolute Gasteiger partial charge is 0.123 e. The van der Waals surface area contributed by atoms with Crippen molar-refractivity contribution in [2.75, 3.05) is 13.1 Å². The van der Waals surface area contributed by atoms with Gasteiger partial charge in [0.25, 0.3) is 0 Å². The van der Waals surface area contributed by atoms with Gasteiger partial charge in [-0.2, -0.15) is 0 Å². The van der Waals surface area contributed by atoms with Crippen LogP contribution in [-0.4, -0.2) is 24.0 Å². The lowest BCUT2D eigenvalue weighted by Crippen LogP contribution is -2.50. The van der Waals surface area contributed by atoms with Gasteiger partial charge in [-0.05, 0) is 30.2 Å². The molecule has 0 aromatic heterocycles. The maximum Gasteiger partial charge on any atom is 0.123 e. The molecule has 0 spiro atoms. The van der Waals surface area contributed by atoms with Crippen molar-refractivity contribution in [3.8, 4) is 0 Å². The number of halogens is 1. The van der Waals surface area contributed by atoms with E-state index in [0.717, 1.165) is 25.2 Å². The fourth-order valence-corrected chi connectivity index (χ4v) is 2.88. The zero-order valence-electron chi connectivity index (χ0n) is 12.3. The first-order valence-corrected chi connectivity index (χ1v) is 7.49. The van der Waals surface area contributed by atoms with Gasteiger partial charge in [0.15, 0.2) is 0 Å². The molecule has 0 unspecified atom stereocenters. The van der Waals surface area contributed by atoms with Crippen LogP contribution in [0.3, 0.4) is 0 Å². The van der Waals surface area contributed by atoms with Gasteiger partial charge >= 0.3 is 0 Å². The number of piperazine rings is 1. The van der Waals surface area contributed by atoms with E-state index in [1.54, 1.807) is 0 Å². The molecule has 1 N–H and O–H groups in total. The maximum atomic E-state index is 13.0. The summed E-state index contributed by atoms with van der Waals surface area (Å²) in [5.74, 6) is -0.177. The summed E-state index contributed by atoms with van der Waals surface area (Å²) >= 11 is 0. The number of benzene rings is 2. The summed E-state index contributed by atoms with van der Waals surface area (Å²) in [7, 11) is 0. The van der Waals surface area contributed by atoms with Crippen LogP contribution in [0.2, 0.25) is 0 Å². The molecule has 3 heteroatoms. The van der Waals surface area contributed by atoms with Crippen molar-refractivity contribution in [2.24, 2.45) is 0 Å². The van der Waals surface area contributed by atoms with E-state index in [0.29, 0.717) is 6.04 Å². The number of nitrogens with one attached hydrogen (secondary N) is 1. The average molecular weight is 284 g/mol. The molecule has 2 aromatic rings. The minimum absolute atomic E-state index is 0.177. The van der Waals surface area contributed by atoms with Crippen molar-refractivity contribution < 1.29 is 4.39 Å². The lowest BCUT2D eigenvalue weighted by molar-refractivity contribution is 0.133. The first-order valence-electron chi connectivity index (χ1n) is 7.49. The molecule has 1 heterocycles. The van der Waals surface area contributed by atoms with E-state index in [1.807, 2.05) is 18.2 Å². The second kappa shape index (κ2) is 6.37. The minimum atomic E-state index is -0.177. The van der Waals surface area contributed by atoms with Crippen molar-refractivity contribution in [1.82, 2.24) is 10.2 Å². The molecule has 3 rings (SSSR count). The van der Waals surface area contributed by atoms with E-state index >= 15 is 0 Å². The van der Waals surface area contributed by atoms with Crippen LogP contribution in [0.4, 0.5) is 4.39 Å². The van der Waals surface area contributed by atoms with Crippen LogP contribution < -0.4 is 5.32 Å². The molecule has 2 nitrogen and oxygen atoms in total. The lowest BCUT2D eigenvalue weighted by atomic mass is 10.0. The van der Waals surface area contributed by atoms with E-state index in [1.165, 1.54) is 17.7 Å². The molecule has 21 heavy (non-hydrogen) atoms. The van der Waals surface area contributed by atoms with Crippen LogP contribution in [-0.2, 0) is 6.54 Å². The van der Waals surface area contributed by atoms with E-state index in [4.69, 9.17) is 0 Å². The Morgan fingerprint density at radius 2 is 1.81 bits per heavy atom. The zero-order valence-corrected chi connectivity index (χ0v) is 12.3. The summed E-state index contributed by atoms with van der Waals surface area (Å²) in [6, 6.07) is 18.2. The van der Waals surface area contributed by atoms with Crippen molar-refractivity contribution in [2.45, 2.75) is 25.6 Å². The third-order valence-electron chi connectivity index (χ3n) is 4.20. The monoisotopic (exact) mass is 284 g/mol. The molecular formula is C18H21FN2. The highest BCUT2D eigenvalue weighted by Crippen LogP contribution is 2.21. The average Bonchev–Trinajstić information content (AvgIpc) is 2.51. The second-order valence-electron chi connectivity index (χ2n) is 5.78. The first kappa shape index (κ1) is 14.2. The lowest BCUT2D eigenvalue weighted by Gasteiger charge is -2.39. The maximum absolute atomic E-state index is 13.0. The summed E-state index contributed by atoms with van der Waals surface area (Å²) in [5, 5.41) is 3.56. The zero-order chi connectivity index (χ0) is 14.7. The van der Waals surface area contributed by atoms with Gasteiger partial charge < -0.3 is 5.32 Å². The number of rotatable bonds is 3. The summed E-state index contributed by atoms with van der Waals surface area (Å²) < 4.78 is 13.0. The van der Waals surface area contributed by atoms with Gasteiger partial charge in [0, 0.05) is 31.7 Å². The van der Waals surface area contributed by atoms with E-state index in [-0.39, 0.29) is 11.9 Å². The SMILES string of the molecule is C[C@@H]1CN[C@@H](c2ccc(F)cc2)CN1Cc1ccccc1. The molecule has 1 saturated heterocycles. The molecule has 1 aliphatic rings. The van der Waals surface area contributed by atoms with Gasteiger partial charge in [0.1, 0.15) is 5.82 Å².